The average molecular weight is 691 g/mol. The molecule has 0 bridgehead atoms. The second-order valence-corrected chi connectivity index (χ2v) is 10.3. The minimum Gasteiger partial charge on any atom is -0.493 e. The molecule has 0 fully saturated rings. The van der Waals surface area contributed by atoms with E-state index in [0.29, 0.717) is 56.6 Å². The largest absolute Gasteiger partial charge is 0.493 e. The highest BCUT2D eigenvalue weighted by atomic mass is 35.5. The predicted octanol–water partition coefficient (Wildman–Crippen LogP) is 7.02. The van der Waals surface area contributed by atoms with E-state index in [1.54, 1.807) is 54.6 Å². The summed E-state index contributed by atoms with van der Waals surface area (Å²) in [7, 11) is 5.77. The minimum absolute atomic E-state index is 0. The molecule has 0 atom stereocenters. The van der Waals surface area contributed by atoms with E-state index in [9.17, 15) is 9.59 Å². The van der Waals surface area contributed by atoms with Gasteiger partial charge in [-0.05, 0) is 60.2 Å². The molecule has 2 aromatic heterocycles. The minimum atomic E-state index is -0.730. The van der Waals surface area contributed by atoms with Gasteiger partial charge in [-0.25, -0.2) is 9.78 Å². The fraction of sp³-hybridized carbons (Fsp3) is 0.139. The molecule has 12 heteroatoms. The quantitative estimate of drug-likeness (QED) is 0.126. The Morgan fingerprint density at radius 1 is 0.792 bits per heavy atom. The number of esters is 1. The van der Waals surface area contributed by atoms with Crippen LogP contribution in [0.25, 0.3) is 38.5 Å². The summed E-state index contributed by atoms with van der Waals surface area (Å²) in [4.78, 5) is 32.9. The number of carbonyl (C=O) groups is 1. The van der Waals surface area contributed by atoms with Gasteiger partial charge in [0.25, 0.3) is 5.56 Å². The van der Waals surface area contributed by atoms with Gasteiger partial charge in [0.2, 0.25) is 5.75 Å². The second-order valence-electron chi connectivity index (χ2n) is 10.3. The first-order valence-electron chi connectivity index (χ1n) is 14.3. The molecule has 0 amide bonds. The van der Waals surface area contributed by atoms with E-state index < -0.39 is 11.5 Å². The van der Waals surface area contributed by atoms with Crippen molar-refractivity contribution in [3.8, 4) is 39.8 Å². The van der Waals surface area contributed by atoms with Gasteiger partial charge in [-0.15, -0.1) is 24.8 Å². The lowest BCUT2D eigenvalue weighted by Gasteiger charge is -2.21. The molecule has 10 nitrogen and oxygen atoms in total. The molecule has 0 unspecified atom stereocenters. The van der Waals surface area contributed by atoms with E-state index in [-0.39, 0.29) is 42.5 Å². The Hall–Kier alpha value is -5.45. The molecule has 2 N–H and O–H groups in total. The van der Waals surface area contributed by atoms with E-state index in [2.05, 4.69) is 0 Å². The van der Waals surface area contributed by atoms with Crippen LogP contribution in [0, 0.1) is 0 Å². The number of para-hydroxylation sites is 1. The molecular formula is C36H33Cl2N3O7. The molecule has 0 radical (unpaired) electrons. The lowest BCUT2D eigenvalue weighted by molar-refractivity contribution is 0.0591. The number of ether oxygens (including phenoxy) is 5. The third kappa shape index (κ3) is 6.40. The van der Waals surface area contributed by atoms with Crippen molar-refractivity contribution < 1.29 is 28.5 Å². The van der Waals surface area contributed by atoms with Crippen LogP contribution in [-0.2, 0) is 11.3 Å². The summed E-state index contributed by atoms with van der Waals surface area (Å²) in [5, 5.41) is 1.71. The third-order valence-corrected chi connectivity index (χ3v) is 7.69. The Morgan fingerprint density at radius 2 is 1.48 bits per heavy atom. The number of anilines is 1. The lowest BCUT2D eigenvalue weighted by atomic mass is 9.95. The maximum atomic E-state index is 14.6. The summed E-state index contributed by atoms with van der Waals surface area (Å²) < 4.78 is 29.7. The highest BCUT2D eigenvalue weighted by molar-refractivity contribution is 6.09. The Morgan fingerprint density at radius 3 is 2.12 bits per heavy atom. The van der Waals surface area contributed by atoms with E-state index in [4.69, 9.17) is 34.4 Å². The van der Waals surface area contributed by atoms with Gasteiger partial charge < -0.3 is 29.4 Å². The topological polar surface area (TPSA) is 124 Å². The van der Waals surface area contributed by atoms with Crippen LogP contribution in [0.5, 0.6) is 23.0 Å². The molecule has 6 rings (SSSR count). The van der Waals surface area contributed by atoms with Crippen LogP contribution in [0.15, 0.2) is 95.8 Å². The molecule has 0 spiro atoms. The summed E-state index contributed by atoms with van der Waals surface area (Å²) in [5.74, 6) is 0.677. The highest BCUT2D eigenvalue weighted by Gasteiger charge is 2.28. The van der Waals surface area contributed by atoms with Gasteiger partial charge in [0.1, 0.15) is 18.1 Å². The van der Waals surface area contributed by atoms with Crippen molar-refractivity contribution in [1.29, 1.82) is 0 Å². The predicted molar refractivity (Wildman–Crippen MR) is 191 cm³/mol. The number of methoxy groups -OCH3 is 4. The fourth-order valence-corrected chi connectivity index (χ4v) is 5.55. The Balaban J connectivity index is 0.00000260. The fourth-order valence-electron chi connectivity index (χ4n) is 5.55. The van der Waals surface area contributed by atoms with Gasteiger partial charge in [-0.1, -0.05) is 36.4 Å². The zero-order valence-corrected chi connectivity index (χ0v) is 28.1. The zero-order chi connectivity index (χ0) is 32.4. The molecular weight excluding hydrogens is 657 g/mol. The van der Waals surface area contributed by atoms with Gasteiger partial charge in [0, 0.05) is 27.7 Å². The standard InChI is InChI=1S/C36H31N3O7.2ClH/c1-42-29-18-22(19-30(43-2)34(29)44-3)31-26-9-7-11-28(46-20-24-15-12-21-8-5-6-10-27(21)38-24)32(26)35(40)39(33(31)36(41)45-4)25-16-13-23(37)14-17-25;;/h5-19H,20,37H2,1-4H3;2*1H. The number of benzene rings is 4. The van der Waals surface area contributed by atoms with Crippen LogP contribution < -0.4 is 30.2 Å². The van der Waals surface area contributed by atoms with Gasteiger partial charge in [0.15, 0.2) is 11.5 Å². The molecule has 0 aliphatic heterocycles. The molecule has 0 aliphatic carbocycles. The van der Waals surface area contributed by atoms with Gasteiger partial charge in [-0.2, -0.15) is 0 Å². The van der Waals surface area contributed by atoms with Crippen molar-refractivity contribution >= 4 is 58.1 Å². The van der Waals surface area contributed by atoms with Crippen molar-refractivity contribution in [1.82, 2.24) is 9.55 Å². The van der Waals surface area contributed by atoms with Crippen LogP contribution in [0.2, 0.25) is 0 Å². The second kappa shape index (κ2) is 15.0. The summed E-state index contributed by atoms with van der Waals surface area (Å²) in [5.41, 5.74) is 8.81. The maximum Gasteiger partial charge on any atom is 0.355 e. The molecule has 6 aromatic rings. The summed E-state index contributed by atoms with van der Waals surface area (Å²) in [6.45, 7) is 0.101. The van der Waals surface area contributed by atoms with Crippen molar-refractivity contribution in [2.45, 2.75) is 6.61 Å². The number of hydrogen-bond donors (Lipinski definition) is 1. The number of nitrogens with zero attached hydrogens (tertiary/aromatic N) is 2. The van der Waals surface area contributed by atoms with Crippen molar-refractivity contribution in [2.75, 3.05) is 34.2 Å². The van der Waals surface area contributed by atoms with Crippen molar-refractivity contribution in [3.63, 3.8) is 0 Å². The Bertz CT molecular complexity index is 2140. The molecule has 0 aliphatic rings. The van der Waals surface area contributed by atoms with E-state index in [1.807, 2.05) is 36.4 Å². The van der Waals surface area contributed by atoms with Crippen molar-refractivity contribution in [2.24, 2.45) is 0 Å². The highest BCUT2D eigenvalue weighted by Crippen LogP contribution is 2.44. The zero-order valence-electron chi connectivity index (χ0n) is 26.5. The van der Waals surface area contributed by atoms with Crippen LogP contribution in [-0.4, -0.2) is 44.0 Å². The van der Waals surface area contributed by atoms with Crippen LogP contribution in [0.1, 0.15) is 16.2 Å². The first kappa shape index (κ1) is 35.4. The number of aromatic nitrogens is 2. The first-order valence-corrected chi connectivity index (χ1v) is 14.3. The Labute approximate surface area is 288 Å². The SMILES string of the molecule is COC(=O)c1c(-c2cc(OC)c(OC)c(OC)c2)c2cccc(OCc3ccc4ccccc4n3)c2c(=O)n1-c1ccc(N)cc1.Cl.Cl. The normalized spacial score (nSPS) is 10.5. The number of nitrogens with two attached hydrogens (primary N) is 1. The van der Waals surface area contributed by atoms with E-state index >= 15 is 0 Å². The number of nitrogen functional groups attached to an aromatic ring is 1. The molecule has 2 heterocycles. The smallest absolute Gasteiger partial charge is 0.355 e. The first-order chi connectivity index (χ1) is 22.4. The number of halogens is 2. The number of carbonyl (C=O) groups excluding carboxylic acids is 1. The van der Waals surface area contributed by atoms with Crippen molar-refractivity contribution in [3.05, 3.63) is 113 Å². The molecule has 0 saturated carbocycles. The van der Waals surface area contributed by atoms with E-state index in [1.165, 1.54) is 33.0 Å². The molecule has 4 aromatic carbocycles. The summed E-state index contributed by atoms with van der Waals surface area (Å²) >= 11 is 0. The van der Waals surface area contributed by atoms with Gasteiger partial charge in [0.05, 0.1) is 45.0 Å². The molecule has 0 saturated heterocycles. The monoisotopic (exact) mass is 689 g/mol. The molecule has 48 heavy (non-hydrogen) atoms. The number of rotatable bonds is 9. The lowest BCUT2D eigenvalue weighted by Crippen LogP contribution is -2.27. The maximum absolute atomic E-state index is 14.6. The van der Waals surface area contributed by atoms with Gasteiger partial charge in [-0.3, -0.25) is 9.36 Å². The van der Waals surface area contributed by atoms with Crippen LogP contribution in [0.3, 0.4) is 0 Å². The summed E-state index contributed by atoms with van der Waals surface area (Å²) in [6.07, 6.45) is 0. The third-order valence-electron chi connectivity index (χ3n) is 7.69. The summed E-state index contributed by atoms with van der Waals surface area (Å²) in [6, 6.07) is 27.0. The number of pyridine rings is 2. The average Bonchev–Trinajstić information content (AvgIpc) is 3.09. The van der Waals surface area contributed by atoms with Crippen LogP contribution in [0.4, 0.5) is 5.69 Å². The van der Waals surface area contributed by atoms with Gasteiger partial charge >= 0.3 is 5.97 Å². The number of fused-ring (bicyclic) bond motifs is 2. The van der Waals surface area contributed by atoms with E-state index in [0.717, 1.165) is 10.9 Å². The molecule has 248 valence electrons. The number of hydrogen-bond acceptors (Lipinski definition) is 9. The van der Waals surface area contributed by atoms with Crippen LogP contribution >= 0.6 is 24.8 Å². The Kier molecular flexibility index (Phi) is 11.0.